The monoisotopic (exact) mass is 411 g/mol. The van der Waals surface area contributed by atoms with Gasteiger partial charge in [-0.1, -0.05) is 46.3 Å². The smallest absolute Gasteiger partial charge is 0.257 e. The molecule has 6 heteroatoms. The molecule has 0 radical (unpaired) electrons. The van der Waals surface area contributed by atoms with Gasteiger partial charge in [0.05, 0.1) is 24.5 Å². The molecule has 1 saturated heterocycles. The number of amides is 1. The van der Waals surface area contributed by atoms with Crippen LogP contribution in [-0.4, -0.2) is 46.9 Å². The zero-order chi connectivity index (χ0) is 17.9. The molecular formula is C20H18BrN3O2. The van der Waals surface area contributed by atoms with Gasteiger partial charge < -0.3 is 9.64 Å². The lowest BCUT2D eigenvalue weighted by atomic mass is 10.1. The van der Waals surface area contributed by atoms with E-state index in [1.54, 1.807) is 4.68 Å². The molecule has 0 bridgehead atoms. The minimum Gasteiger partial charge on any atom is -0.378 e. The van der Waals surface area contributed by atoms with Crippen molar-refractivity contribution in [1.29, 1.82) is 0 Å². The minimum absolute atomic E-state index is 0.00884. The summed E-state index contributed by atoms with van der Waals surface area (Å²) in [6, 6.07) is 17.7. The lowest BCUT2D eigenvalue weighted by molar-refractivity contribution is 0.0303. The van der Waals surface area contributed by atoms with E-state index < -0.39 is 0 Å². The summed E-state index contributed by atoms with van der Waals surface area (Å²) in [5, 5.41) is 4.72. The number of morpholine rings is 1. The largest absolute Gasteiger partial charge is 0.378 e. The lowest BCUT2D eigenvalue weighted by Gasteiger charge is -2.26. The summed E-state index contributed by atoms with van der Waals surface area (Å²) in [7, 11) is 0. The Morgan fingerprint density at radius 1 is 1.04 bits per heavy atom. The van der Waals surface area contributed by atoms with E-state index in [0.29, 0.717) is 37.6 Å². The molecule has 26 heavy (non-hydrogen) atoms. The molecule has 0 unspecified atom stereocenters. The first kappa shape index (κ1) is 17.0. The average Bonchev–Trinajstić information content (AvgIpc) is 3.14. The number of nitrogens with zero attached hydrogens (tertiary/aromatic N) is 3. The summed E-state index contributed by atoms with van der Waals surface area (Å²) in [5.74, 6) is -0.00884. The molecule has 4 rings (SSSR count). The topological polar surface area (TPSA) is 47.4 Å². The number of hydrogen-bond donors (Lipinski definition) is 0. The maximum absolute atomic E-state index is 13.1. The van der Waals surface area contributed by atoms with Crippen LogP contribution in [0.25, 0.3) is 16.9 Å². The highest BCUT2D eigenvalue weighted by molar-refractivity contribution is 9.10. The van der Waals surface area contributed by atoms with Crippen LogP contribution in [0.5, 0.6) is 0 Å². The van der Waals surface area contributed by atoms with Crippen molar-refractivity contribution in [3.05, 3.63) is 70.8 Å². The number of ether oxygens (including phenoxy) is 1. The number of carbonyl (C=O) groups is 1. The second-order valence-corrected chi connectivity index (χ2v) is 7.00. The zero-order valence-electron chi connectivity index (χ0n) is 14.1. The summed E-state index contributed by atoms with van der Waals surface area (Å²) in [6.45, 7) is 2.36. The van der Waals surface area contributed by atoms with Crippen LogP contribution in [0, 0.1) is 0 Å². The molecule has 3 aromatic rings. The van der Waals surface area contributed by atoms with E-state index in [2.05, 4.69) is 15.9 Å². The standard InChI is InChI=1S/C20H18BrN3O2/c21-16-6-4-5-15(13-16)19-18(20(25)23-9-11-26-12-10-23)14-24(22-19)17-7-2-1-3-8-17/h1-8,13-14H,9-12H2. The van der Waals surface area contributed by atoms with Gasteiger partial charge in [-0.25, -0.2) is 4.68 Å². The highest BCUT2D eigenvalue weighted by atomic mass is 79.9. The predicted octanol–water partition coefficient (Wildman–Crippen LogP) is 3.77. The van der Waals surface area contributed by atoms with Gasteiger partial charge in [0.25, 0.3) is 5.91 Å². The number of para-hydroxylation sites is 1. The summed E-state index contributed by atoms with van der Waals surface area (Å²) < 4.78 is 8.09. The molecule has 5 nitrogen and oxygen atoms in total. The molecule has 2 heterocycles. The first-order valence-corrected chi connectivity index (χ1v) is 9.30. The van der Waals surface area contributed by atoms with Crippen molar-refractivity contribution in [3.63, 3.8) is 0 Å². The van der Waals surface area contributed by atoms with Crippen LogP contribution >= 0.6 is 15.9 Å². The Morgan fingerprint density at radius 3 is 2.54 bits per heavy atom. The van der Waals surface area contributed by atoms with E-state index in [1.807, 2.05) is 65.7 Å². The Hall–Kier alpha value is -2.44. The fraction of sp³-hybridized carbons (Fsp3) is 0.200. The van der Waals surface area contributed by atoms with Crippen molar-refractivity contribution in [2.45, 2.75) is 0 Å². The van der Waals surface area contributed by atoms with Gasteiger partial charge in [0.2, 0.25) is 0 Å². The first-order valence-electron chi connectivity index (χ1n) is 8.50. The molecule has 1 aliphatic rings. The summed E-state index contributed by atoms with van der Waals surface area (Å²) in [4.78, 5) is 15.0. The second kappa shape index (κ2) is 7.43. The maximum Gasteiger partial charge on any atom is 0.257 e. The number of aromatic nitrogens is 2. The number of carbonyl (C=O) groups excluding carboxylic acids is 1. The van der Waals surface area contributed by atoms with Crippen LogP contribution in [0.15, 0.2) is 65.3 Å². The van der Waals surface area contributed by atoms with Crippen LogP contribution in [0.3, 0.4) is 0 Å². The summed E-state index contributed by atoms with van der Waals surface area (Å²) in [6.07, 6.45) is 1.82. The van der Waals surface area contributed by atoms with Crippen LogP contribution < -0.4 is 0 Å². The normalized spacial score (nSPS) is 14.4. The van der Waals surface area contributed by atoms with Gasteiger partial charge in [-0.2, -0.15) is 5.10 Å². The highest BCUT2D eigenvalue weighted by Gasteiger charge is 2.25. The van der Waals surface area contributed by atoms with Gasteiger partial charge in [-0.05, 0) is 24.3 Å². The molecule has 1 aromatic heterocycles. The third kappa shape index (κ3) is 3.43. The van der Waals surface area contributed by atoms with Gasteiger partial charge in [0.1, 0.15) is 5.69 Å². The Kier molecular flexibility index (Phi) is 4.86. The van der Waals surface area contributed by atoms with Crippen LogP contribution in [-0.2, 0) is 4.74 Å². The fourth-order valence-corrected chi connectivity index (χ4v) is 3.43. The van der Waals surface area contributed by atoms with Crippen LogP contribution in [0.2, 0.25) is 0 Å². The van der Waals surface area contributed by atoms with Crippen molar-refractivity contribution in [3.8, 4) is 16.9 Å². The molecule has 0 N–H and O–H groups in total. The van der Waals surface area contributed by atoms with Crippen molar-refractivity contribution < 1.29 is 9.53 Å². The second-order valence-electron chi connectivity index (χ2n) is 6.09. The predicted molar refractivity (Wildman–Crippen MR) is 103 cm³/mol. The molecule has 1 fully saturated rings. The van der Waals surface area contributed by atoms with Crippen molar-refractivity contribution in [1.82, 2.24) is 14.7 Å². The van der Waals surface area contributed by atoms with Gasteiger partial charge in [0.15, 0.2) is 0 Å². The van der Waals surface area contributed by atoms with Gasteiger partial charge in [-0.15, -0.1) is 0 Å². The molecule has 1 aliphatic heterocycles. The molecule has 132 valence electrons. The number of halogens is 1. The number of hydrogen-bond acceptors (Lipinski definition) is 3. The van der Waals surface area contributed by atoms with E-state index in [4.69, 9.17) is 9.84 Å². The molecule has 0 aliphatic carbocycles. The maximum atomic E-state index is 13.1. The van der Waals surface area contributed by atoms with Crippen LogP contribution in [0.4, 0.5) is 0 Å². The van der Waals surface area contributed by atoms with E-state index in [9.17, 15) is 4.79 Å². The lowest BCUT2D eigenvalue weighted by Crippen LogP contribution is -2.40. The van der Waals surface area contributed by atoms with Crippen molar-refractivity contribution >= 4 is 21.8 Å². The third-order valence-electron chi connectivity index (χ3n) is 4.36. The average molecular weight is 412 g/mol. The Bertz CT molecular complexity index is 918. The fourth-order valence-electron chi connectivity index (χ4n) is 3.03. The van der Waals surface area contributed by atoms with Gasteiger partial charge in [0, 0.05) is 29.3 Å². The highest BCUT2D eigenvalue weighted by Crippen LogP contribution is 2.27. The number of rotatable bonds is 3. The SMILES string of the molecule is O=C(c1cn(-c2ccccc2)nc1-c1cccc(Br)c1)N1CCOCC1. The van der Waals surface area contributed by atoms with Crippen LogP contribution in [0.1, 0.15) is 10.4 Å². The van der Waals surface area contributed by atoms with E-state index in [1.165, 1.54) is 0 Å². The van der Waals surface area contributed by atoms with E-state index in [0.717, 1.165) is 15.7 Å². The zero-order valence-corrected chi connectivity index (χ0v) is 15.7. The number of benzene rings is 2. The first-order chi connectivity index (χ1) is 12.7. The summed E-state index contributed by atoms with van der Waals surface area (Å²) >= 11 is 3.50. The minimum atomic E-state index is -0.00884. The molecule has 2 aromatic carbocycles. The Labute approximate surface area is 160 Å². The molecule has 0 saturated carbocycles. The third-order valence-corrected chi connectivity index (χ3v) is 4.85. The van der Waals surface area contributed by atoms with Gasteiger partial charge in [-0.3, -0.25) is 4.79 Å². The quantitative estimate of drug-likeness (QED) is 0.658. The molecule has 0 atom stereocenters. The molecular weight excluding hydrogens is 394 g/mol. The Morgan fingerprint density at radius 2 is 1.81 bits per heavy atom. The van der Waals surface area contributed by atoms with E-state index >= 15 is 0 Å². The Balaban J connectivity index is 1.80. The molecule has 1 amide bonds. The summed E-state index contributed by atoms with van der Waals surface area (Å²) in [5.41, 5.74) is 3.12. The molecule has 0 spiro atoms. The van der Waals surface area contributed by atoms with Crippen molar-refractivity contribution in [2.24, 2.45) is 0 Å². The van der Waals surface area contributed by atoms with Gasteiger partial charge >= 0.3 is 0 Å². The van der Waals surface area contributed by atoms with E-state index in [-0.39, 0.29) is 5.91 Å². The van der Waals surface area contributed by atoms with Crippen molar-refractivity contribution in [2.75, 3.05) is 26.3 Å².